The first kappa shape index (κ1) is 20.2. The predicted octanol–water partition coefficient (Wildman–Crippen LogP) is 4.11. The van der Waals surface area contributed by atoms with Crippen LogP contribution < -0.4 is 10.1 Å². The van der Waals surface area contributed by atoms with Gasteiger partial charge in [0.2, 0.25) is 0 Å². The molecule has 1 aromatic rings. The van der Waals surface area contributed by atoms with Gasteiger partial charge in [-0.25, -0.2) is 0 Å². The predicted molar refractivity (Wildman–Crippen MR) is 114 cm³/mol. The molecule has 1 aromatic carbocycles. The van der Waals surface area contributed by atoms with Crippen LogP contribution in [0.3, 0.4) is 0 Å². The van der Waals surface area contributed by atoms with Crippen LogP contribution in [-0.2, 0) is 0 Å². The second kappa shape index (κ2) is 8.36. The van der Waals surface area contributed by atoms with Crippen molar-refractivity contribution in [3.8, 4) is 5.75 Å². The molecule has 4 bridgehead atoms. The smallest absolute Gasteiger partial charge is 0.137 e. The van der Waals surface area contributed by atoms with Gasteiger partial charge in [-0.15, -0.1) is 0 Å². The summed E-state index contributed by atoms with van der Waals surface area (Å²) in [5.74, 6) is 4.34. The van der Waals surface area contributed by atoms with Gasteiger partial charge in [-0.1, -0.05) is 39.0 Å². The lowest BCUT2D eigenvalue weighted by Crippen LogP contribution is -2.95. The highest BCUT2D eigenvalue weighted by molar-refractivity contribution is 5.35. The topological polar surface area (TPSA) is 46.1 Å². The average Bonchev–Trinajstić information content (AvgIpc) is 2.65. The second-order valence-corrected chi connectivity index (χ2v) is 10.4. The summed E-state index contributed by atoms with van der Waals surface area (Å²) in [6, 6.07) is 8.89. The lowest BCUT2D eigenvalue weighted by Gasteiger charge is -2.58. The van der Waals surface area contributed by atoms with Gasteiger partial charge in [0, 0.05) is 5.41 Å². The zero-order valence-electron chi connectivity index (χ0n) is 18.1. The number of hydrogen-bond acceptors (Lipinski definition) is 2. The van der Waals surface area contributed by atoms with Gasteiger partial charge in [0.1, 0.15) is 25.0 Å². The molecule has 2 atom stereocenters. The maximum absolute atomic E-state index is 10.6. The monoisotopic (exact) mass is 386 g/mol. The molecule has 28 heavy (non-hydrogen) atoms. The van der Waals surface area contributed by atoms with Crippen LogP contribution in [0.2, 0.25) is 0 Å². The summed E-state index contributed by atoms with van der Waals surface area (Å²) in [5, 5.41) is 13.1. The number of para-hydroxylation sites is 1. The summed E-state index contributed by atoms with van der Waals surface area (Å²) in [4.78, 5) is 0. The van der Waals surface area contributed by atoms with Crippen LogP contribution in [0.25, 0.3) is 0 Å². The molecule has 0 aliphatic heterocycles. The zero-order chi connectivity index (χ0) is 19.7. The highest BCUT2D eigenvalue weighted by Crippen LogP contribution is 2.61. The first-order chi connectivity index (χ1) is 13.5. The molecule has 4 aliphatic carbocycles. The minimum atomic E-state index is -0.414. The van der Waals surface area contributed by atoms with E-state index in [0.717, 1.165) is 30.0 Å². The van der Waals surface area contributed by atoms with Gasteiger partial charge in [0.25, 0.3) is 0 Å². The Morgan fingerprint density at radius 2 is 1.68 bits per heavy atom. The third-order valence-electron chi connectivity index (χ3n) is 7.98. The lowest BCUT2D eigenvalue weighted by atomic mass is 9.47. The van der Waals surface area contributed by atoms with Crippen LogP contribution in [0.1, 0.15) is 77.2 Å². The van der Waals surface area contributed by atoms with Gasteiger partial charge in [0.15, 0.2) is 0 Å². The Kier molecular flexibility index (Phi) is 6.04. The molecule has 3 nitrogen and oxygen atoms in total. The maximum Gasteiger partial charge on any atom is 0.137 e. The number of aliphatic hydroxyl groups excluding tert-OH is 1. The Morgan fingerprint density at radius 3 is 2.25 bits per heavy atom. The number of nitrogens with two attached hydrogens (primary N) is 1. The van der Waals surface area contributed by atoms with Gasteiger partial charge < -0.3 is 15.2 Å². The van der Waals surface area contributed by atoms with E-state index in [0.29, 0.717) is 24.0 Å². The first-order valence-electron chi connectivity index (χ1n) is 11.7. The Labute approximate surface area is 171 Å². The fraction of sp³-hybridized carbons (Fsp3) is 0.760. The summed E-state index contributed by atoms with van der Waals surface area (Å²) in [6.07, 6.45) is 9.65. The zero-order valence-corrected chi connectivity index (χ0v) is 18.1. The Morgan fingerprint density at radius 1 is 1.07 bits per heavy atom. The highest BCUT2D eigenvalue weighted by Gasteiger charge is 2.55. The van der Waals surface area contributed by atoms with Crippen molar-refractivity contribution in [1.82, 2.24) is 0 Å². The van der Waals surface area contributed by atoms with E-state index in [1.165, 1.54) is 50.5 Å². The van der Waals surface area contributed by atoms with E-state index in [1.54, 1.807) is 0 Å². The minimum absolute atomic E-state index is 0.386. The van der Waals surface area contributed by atoms with Crippen LogP contribution in [0.5, 0.6) is 5.75 Å². The second-order valence-electron chi connectivity index (χ2n) is 10.4. The molecule has 156 valence electrons. The molecule has 0 amide bonds. The largest absolute Gasteiger partial charge is 0.490 e. The molecule has 4 aliphatic rings. The SMILES string of the molecule is CC[C@@H]([NH2+]C[C@H](O)COc1ccccc1C(C)C)C12CC3CC(CC(C3)C1)C2. The van der Waals surface area contributed by atoms with Crippen molar-refractivity contribution < 1.29 is 15.2 Å². The van der Waals surface area contributed by atoms with Crippen molar-refractivity contribution in [3.05, 3.63) is 29.8 Å². The van der Waals surface area contributed by atoms with E-state index in [1.807, 2.05) is 12.1 Å². The molecule has 0 spiro atoms. The molecular weight excluding hydrogens is 346 g/mol. The molecule has 3 heteroatoms. The summed E-state index contributed by atoms with van der Waals surface area (Å²) >= 11 is 0. The van der Waals surface area contributed by atoms with E-state index in [-0.39, 0.29) is 0 Å². The molecule has 4 saturated carbocycles. The van der Waals surface area contributed by atoms with Gasteiger partial charge in [-0.3, -0.25) is 0 Å². The van der Waals surface area contributed by atoms with Crippen molar-refractivity contribution in [1.29, 1.82) is 0 Å². The molecule has 0 aromatic heterocycles. The Bertz CT molecular complexity index is 620. The fourth-order valence-electron chi connectivity index (χ4n) is 7.15. The fourth-order valence-corrected chi connectivity index (χ4v) is 7.15. The average molecular weight is 387 g/mol. The highest BCUT2D eigenvalue weighted by atomic mass is 16.5. The Balaban J connectivity index is 1.31. The summed E-state index contributed by atoms with van der Waals surface area (Å²) in [5.41, 5.74) is 1.77. The standard InChI is InChI=1S/C25H39NO2/c1-4-24(25-12-18-9-19(13-25)11-20(10-18)14-25)26-15-21(27)16-28-23-8-6-5-7-22(23)17(2)3/h5-8,17-21,24,26-27H,4,9-16H2,1-3H3/p+1/t18?,19?,20?,21-,24+,25?/m0/s1. The molecule has 0 radical (unpaired) electrons. The van der Waals surface area contributed by atoms with Gasteiger partial charge >= 0.3 is 0 Å². The summed E-state index contributed by atoms with van der Waals surface area (Å²) in [6.45, 7) is 7.86. The maximum atomic E-state index is 10.6. The van der Waals surface area contributed by atoms with Crippen molar-refractivity contribution in [3.63, 3.8) is 0 Å². The normalized spacial score (nSPS) is 33.2. The number of aliphatic hydroxyl groups is 1. The van der Waals surface area contributed by atoms with E-state index < -0.39 is 6.10 Å². The van der Waals surface area contributed by atoms with Gasteiger partial charge in [-0.05, 0) is 80.2 Å². The Hall–Kier alpha value is -1.06. The van der Waals surface area contributed by atoms with E-state index in [2.05, 4.69) is 38.2 Å². The van der Waals surface area contributed by atoms with E-state index >= 15 is 0 Å². The van der Waals surface area contributed by atoms with Gasteiger partial charge in [-0.2, -0.15) is 0 Å². The quantitative estimate of drug-likeness (QED) is 0.671. The summed E-state index contributed by atoms with van der Waals surface area (Å²) in [7, 11) is 0. The molecule has 0 heterocycles. The van der Waals surface area contributed by atoms with Crippen molar-refractivity contribution in [2.75, 3.05) is 13.2 Å². The van der Waals surface area contributed by atoms with Crippen LogP contribution >= 0.6 is 0 Å². The van der Waals surface area contributed by atoms with Gasteiger partial charge in [0.05, 0.1) is 6.04 Å². The molecular formula is C25H40NO2+. The molecule has 3 N–H and O–H groups in total. The minimum Gasteiger partial charge on any atom is -0.490 e. The third kappa shape index (κ3) is 4.11. The van der Waals surface area contributed by atoms with Crippen LogP contribution in [0.15, 0.2) is 24.3 Å². The number of hydrogen-bond donors (Lipinski definition) is 2. The van der Waals surface area contributed by atoms with Crippen molar-refractivity contribution in [2.24, 2.45) is 23.2 Å². The molecule has 5 rings (SSSR count). The number of quaternary nitrogens is 1. The number of ether oxygens (including phenoxy) is 1. The number of rotatable bonds is 9. The van der Waals surface area contributed by atoms with E-state index in [4.69, 9.17) is 4.74 Å². The molecule has 0 saturated heterocycles. The van der Waals surface area contributed by atoms with Crippen LogP contribution in [-0.4, -0.2) is 30.4 Å². The van der Waals surface area contributed by atoms with Crippen LogP contribution in [0, 0.1) is 23.2 Å². The number of benzene rings is 1. The molecule has 0 unspecified atom stereocenters. The summed E-state index contributed by atoms with van der Waals surface area (Å²) < 4.78 is 6.01. The van der Waals surface area contributed by atoms with Crippen molar-refractivity contribution in [2.45, 2.75) is 83.8 Å². The van der Waals surface area contributed by atoms with E-state index in [9.17, 15) is 5.11 Å². The lowest BCUT2D eigenvalue weighted by molar-refractivity contribution is -0.711. The molecule has 4 fully saturated rings. The van der Waals surface area contributed by atoms with Crippen LogP contribution in [0.4, 0.5) is 0 Å². The first-order valence-corrected chi connectivity index (χ1v) is 11.7. The third-order valence-corrected chi connectivity index (χ3v) is 7.98. The van der Waals surface area contributed by atoms with Crippen molar-refractivity contribution >= 4 is 0 Å².